The van der Waals surface area contributed by atoms with Crippen molar-refractivity contribution < 1.29 is 23.1 Å². The lowest BCUT2D eigenvalue weighted by atomic mass is 10.00. The lowest BCUT2D eigenvalue weighted by Crippen LogP contribution is -2.55. The second-order valence-electron chi connectivity index (χ2n) is 1.92. The van der Waals surface area contributed by atoms with Gasteiger partial charge in [-0.05, 0) is 0 Å². The largest absolute Gasteiger partial charge is 0.426 e. The molecule has 0 unspecified atom stereocenters. The Morgan fingerprint density at radius 1 is 1.55 bits per heavy atom. The van der Waals surface area contributed by atoms with Gasteiger partial charge in [-0.1, -0.05) is 6.92 Å². The molecule has 65 valence electrons. The van der Waals surface area contributed by atoms with Gasteiger partial charge in [-0.2, -0.15) is 13.2 Å². The molecule has 0 saturated carbocycles. The molecule has 0 aliphatic rings. The summed E-state index contributed by atoms with van der Waals surface area (Å²) in [4.78, 5) is 10.1. The van der Waals surface area contributed by atoms with E-state index in [0.29, 0.717) is 6.42 Å². The van der Waals surface area contributed by atoms with E-state index in [1.807, 2.05) is 0 Å². The lowest BCUT2D eigenvalue weighted by Gasteiger charge is -2.24. The van der Waals surface area contributed by atoms with E-state index >= 15 is 0 Å². The zero-order valence-electron chi connectivity index (χ0n) is 5.64. The molecule has 11 heavy (non-hydrogen) atoms. The number of primary amides is 1. The predicted molar refractivity (Wildman–Crippen MR) is 30.2 cm³/mol. The minimum absolute atomic E-state index is 0.301. The minimum Gasteiger partial charge on any atom is -0.372 e. The van der Waals surface area contributed by atoms with Crippen LogP contribution in [0.5, 0.6) is 0 Å². The number of alkyl halides is 3. The number of hydrogen-bond donors (Lipinski definition) is 2. The molecule has 3 N–H and O–H groups in total. The van der Waals surface area contributed by atoms with Gasteiger partial charge >= 0.3 is 6.18 Å². The Morgan fingerprint density at radius 2 is 1.91 bits per heavy atom. The minimum atomic E-state index is -5.05. The number of rotatable bonds is 2. The molecular weight excluding hydrogens is 163 g/mol. The Kier molecular flexibility index (Phi) is 2.50. The molecule has 1 radical (unpaired) electrons. The van der Waals surface area contributed by atoms with E-state index in [1.165, 1.54) is 0 Å². The Bertz CT molecular complexity index is 168. The van der Waals surface area contributed by atoms with Gasteiger partial charge in [-0.15, -0.1) is 0 Å². The normalized spacial score (nSPS) is 17.5. The number of halogens is 3. The highest BCUT2D eigenvalue weighted by Gasteiger charge is 2.57. The van der Waals surface area contributed by atoms with Crippen molar-refractivity contribution in [2.45, 2.75) is 18.7 Å². The van der Waals surface area contributed by atoms with E-state index in [4.69, 9.17) is 5.11 Å². The summed E-state index contributed by atoms with van der Waals surface area (Å²) in [5, 5.41) is 8.58. The molecule has 0 heterocycles. The van der Waals surface area contributed by atoms with Gasteiger partial charge in [0.1, 0.15) is 0 Å². The lowest BCUT2D eigenvalue weighted by molar-refractivity contribution is -0.238. The van der Waals surface area contributed by atoms with Crippen molar-refractivity contribution in [3.8, 4) is 0 Å². The molecule has 0 fully saturated rings. The average Bonchev–Trinajstić information content (AvgIpc) is 1.83. The molecule has 3 nitrogen and oxygen atoms in total. The molecule has 0 aliphatic carbocycles. The molecule has 0 aliphatic heterocycles. The van der Waals surface area contributed by atoms with Crippen LogP contribution in [0.15, 0.2) is 0 Å². The maximum Gasteiger partial charge on any atom is 0.426 e. The van der Waals surface area contributed by atoms with Crippen LogP contribution in [0.3, 0.4) is 0 Å². The molecule has 0 aromatic rings. The Hall–Kier alpha value is -0.780. The molecule has 1 atom stereocenters. The third-order valence-electron chi connectivity index (χ3n) is 1.23. The standard InChI is InChI=1S/C5H7F3NO2/c1-2-4(11,3(9)10)5(6,7)8/h2,11H,1H3,(H2,9,10)/t4-/m1/s1. The van der Waals surface area contributed by atoms with Gasteiger partial charge in [0.05, 0.1) is 0 Å². The van der Waals surface area contributed by atoms with Gasteiger partial charge in [0.15, 0.2) is 0 Å². The zero-order valence-corrected chi connectivity index (χ0v) is 5.64. The topological polar surface area (TPSA) is 63.3 Å². The Balaban J connectivity index is 4.75. The third kappa shape index (κ3) is 1.62. The van der Waals surface area contributed by atoms with Crippen LogP contribution in [-0.2, 0) is 4.79 Å². The van der Waals surface area contributed by atoms with Gasteiger partial charge < -0.3 is 10.8 Å². The van der Waals surface area contributed by atoms with Crippen LogP contribution < -0.4 is 5.73 Å². The van der Waals surface area contributed by atoms with Crippen LogP contribution in [0.2, 0.25) is 0 Å². The van der Waals surface area contributed by atoms with Gasteiger partial charge in [0.2, 0.25) is 5.60 Å². The van der Waals surface area contributed by atoms with Crippen LogP contribution >= 0.6 is 0 Å². The van der Waals surface area contributed by atoms with Gasteiger partial charge in [-0.3, -0.25) is 4.79 Å². The molecule has 0 rings (SSSR count). The molecule has 0 spiro atoms. The van der Waals surface area contributed by atoms with Crippen LogP contribution in [0.1, 0.15) is 6.92 Å². The van der Waals surface area contributed by atoms with E-state index in [-0.39, 0.29) is 0 Å². The molecule has 6 heteroatoms. The zero-order chi connectivity index (χ0) is 9.28. The van der Waals surface area contributed by atoms with Gasteiger partial charge in [-0.25, -0.2) is 0 Å². The van der Waals surface area contributed by atoms with E-state index in [9.17, 15) is 18.0 Å². The van der Waals surface area contributed by atoms with Crippen LogP contribution in [0, 0.1) is 6.42 Å². The second-order valence-corrected chi connectivity index (χ2v) is 1.92. The maximum absolute atomic E-state index is 11.8. The summed E-state index contributed by atoms with van der Waals surface area (Å²) >= 11 is 0. The first-order valence-electron chi connectivity index (χ1n) is 2.65. The number of nitrogens with two attached hydrogens (primary N) is 1. The van der Waals surface area contributed by atoms with E-state index in [1.54, 1.807) is 0 Å². The number of hydrogen-bond acceptors (Lipinski definition) is 2. The van der Waals surface area contributed by atoms with Crippen molar-refractivity contribution in [1.82, 2.24) is 0 Å². The first-order valence-corrected chi connectivity index (χ1v) is 2.65. The fourth-order valence-corrected chi connectivity index (χ4v) is 0.446. The van der Waals surface area contributed by atoms with Crippen molar-refractivity contribution >= 4 is 5.91 Å². The van der Waals surface area contributed by atoms with Crippen molar-refractivity contribution in [3.63, 3.8) is 0 Å². The quantitative estimate of drug-likeness (QED) is 0.612. The molecule has 0 aromatic heterocycles. The Morgan fingerprint density at radius 3 is 1.91 bits per heavy atom. The molecular formula is C5H7F3NO2. The maximum atomic E-state index is 11.8. The number of carbonyl (C=O) groups is 1. The monoisotopic (exact) mass is 170 g/mol. The van der Waals surface area contributed by atoms with Gasteiger partial charge in [0.25, 0.3) is 5.91 Å². The smallest absolute Gasteiger partial charge is 0.372 e. The van der Waals surface area contributed by atoms with E-state index < -0.39 is 17.7 Å². The van der Waals surface area contributed by atoms with Crippen LogP contribution in [0.25, 0.3) is 0 Å². The van der Waals surface area contributed by atoms with Crippen LogP contribution in [-0.4, -0.2) is 22.8 Å². The van der Waals surface area contributed by atoms with Crippen molar-refractivity contribution in [3.05, 3.63) is 6.42 Å². The fraction of sp³-hybridized carbons (Fsp3) is 0.600. The van der Waals surface area contributed by atoms with Crippen molar-refractivity contribution in [1.29, 1.82) is 0 Å². The number of amides is 1. The summed E-state index contributed by atoms with van der Waals surface area (Å²) in [5.41, 5.74) is 0.820. The summed E-state index contributed by atoms with van der Waals surface area (Å²) in [6.07, 6.45) is -4.75. The molecule has 0 saturated heterocycles. The molecule has 1 amide bonds. The van der Waals surface area contributed by atoms with E-state index in [2.05, 4.69) is 5.73 Å². The van der Waals surface area contributed by atoms with Gasteiger partial charge in [0, 0.05) is 6.42 Å². The first-order chi connectivity index (χ1) is 4.75. The summed E-state index contributed by atoms with van der Waals surface area (Å²) in [7, 11) is 0. The first kappa shape index (κ1) is 10.2. The highest BCUT2D eigenvalue weighted by atomic mass is 19.4. The van der Waals surface area contributed by atoms with Crippen molar-refractivity contribution in [2.24, 2.45) is 5.73 Å². The van der Waals surface area contributed by atoms with Crippen molar-refractivity contribution in [2.75, 3.05) is 0 Å². The SMILES string of the molecule is C[CH][C@@](O)(C(N)=O)C(F)(F)F. The fourth-order valence-electron chi connectivity index (χ4n) is 0.446. The molecule has 0 aromatic carbocycles. The second kappa shape index (κ2) is 2.69. The Labute approximate surface area is 61.0 Å². The third-order valence-corrected chi connectivity index (χ3v) is 1.23. The average molecular weight is 170 g/mol. The highest BCUT2D eigenvalue weighted by Crippen LogP contribution is 2.31. The number of aliphatic hydroxyl groups is 1. The van der Waals surface area contributed by atoms with Crippen LogP contribution in [0.4, 0.5) is 13.2 Å². The summed E-state index contributed by atoms with van der Waals surface area (Å²) in [6, 6.07) is 0. The summed E-state index contributed by atoms with van der Waals surface area (Å²) in [6.45, 7) is 0.901. The predicted octanol–water partition coefficient (Wildman–Crippen LogP) is -0.0107. The summed E-state index contributed by atoms with van der Waals surface area (Å²) in [5.74, 6) is -1.83. The van der Waals surface area contributed by atoms with E-state index in [0.717, 1.165) is 6.92 Å². The highest BCUT2D eigenvalue weighted by molar-refractivity contribution is 5.85. The number of carbonyl (C=O) groups excluding carboxylic acids is 1. The summed E-state index contributed by atoms with van der Waals surface area (Å²) < 4.78 is 35.3. The molecule has 0 bridgehead atoms.